The van der Waals surface area contributed by atoms with Crippen LogP contribution in [0.5, 0.6) is 23.0 Å². The van der Waals surface area contributed by atoms with Crippen LogP contribution in [0.2, 0.25) is 0 Å². The van der Waals surface area contributed by atoms with Gasteiger partial charge in [-0.3, -0.25) is 4.79 Å². The normalized spacial score (nSPS) is 12.5. The summed E-state index contributed by atoms with van der Waals surface area (Å²) in [4.78, 5) is 25.6. The zero-order chi connectivity index (χ0) is 25.5. The van der Waals surface area contributed by atoms with Gasteiger partial charge in [-0.15, -0.1) is 0 Å². The first kappa shape index (κ1) is 25.4. The molecule has 0 aliphatic heterocycles. The summed E-state index contributed by atoms with van der Waals surface area (Å²) in [7, 11) is 1.22. The van der Waals surface area contributed by atoms with E-state index >= 15 is 0 Å². The van der Waals surface area contributed by atoms with Crippen LogP contribution in [0.4, 0.5) is 0 Å². The fourth-order valence-electron chi connectivity index (χ4n) is 3.91. The van der Waals surface area contributed by atoms with E-state index in [4.69, 9.17) is 4.74 Å². The highest BCUT2D eigenvalue weighted by molar-refractivity contribution is 5.86. The SMILES string of the molecule is COC(=O)[C@H](NC(=O)C[C@H](c1ccc(O)c(O)c1)c1cc(O)c(O)cc1CCO)c1ccccc1. The monoisotopic (exact) mass is 481 g/mol. The first-order chi connectivity index (χ1) is 16.7. The third-order valence-corrected chi connectivity index (χ3v) is 5.66. The molecule has 0 saturated heterocycles. The van der Waals surface area contributed by atoms with Crippen molar-refractivity contribution in [1.82, 2.24) is 5.32 Å². The van der Waals surface area contributed by atoms with Crippen LogP contribution in [-0.2, 0) is 20.7 Å². The Labute approximate surface area is 201 Å². The first-order valence-corrected chi connectivity index (χ1v) is 10.8. The van der Waals surface area contributed by atoms with E-state index in [0.29, 0.717) is 22.3 Å². The molecule has 3 aromatic carbocycles. The maximum atomic E-state index is 13.2. The highest BCUT2D eigenvalue weighted by Gasteiger charge is 2.28. The first-order valence-electron chi connectivity index (χ1n) is 10.8. The number of rotatable bonds is 9. The van der Waals surface area contributed by atoms with E-state index in [2.05, 4.69) is 5.32 Å². The lowest BCUT2D eigenvalue weighted by Crippen LogP contribution is -2.35. The van der Waals surface area contributed by atoms with Crippen molar-refractivity contribution >= 4 is 11.9 Å². The average Bonchev–Trinajstić information content (AvgIpc) is 2.85. The maximum absolute atomic E-state index is 13.2. The number of benzene rings is 3. The number of phenolic OH excluding ortho intramolecular Hbond substituents is 4. The Morgan fingerprint density at radius 2 is 1.51 bits per heavy atom. The van der Waals surface area contributed by atoms with E-state index in [1.807, 2.05) is 0 Å². The number of aromatic hydroxyl groups is 4. The minimum absolute atomic E-state index is 0.125. The molecule has 9 nitrogen and oxygen atoms in total. The van der Waals surface area contributed by atoms with Gasteiger partial charge < -0.3 is 35.6 Å². The van der Waals surface area contributed by atoms with Crippen molar-refractivity contribution in [2.75, 3.05) is 13.7 Å². The van der Waals surface area contributed by atoms with Crippen molar-refractivity contribution in [3.63, 3.8) is 0 Å². The average molecular weight is 482 g/mol. The van der Waals surface area contributed by atoms with Crippen molar-refractivity contribution in [3.8, 4) is 23.0 Å². The summed E-state index contributed by atoms with van der Waals surface area (Å²) in [6.45, 7) is -0.255. The predicted molar refractivity (Wildman–Crippen MR) is 126 cm³/mol. The molecule has 3 aromatic rings. The minimum Gasteiger partial charge on any atom is -0.504 e. The van der Waals surface area contributed by atoms with Crippen molar-refractivity contribution in [3.05, 3.63) is 82.9 Å². The van der Waals surface area contributed by atoms with E-state index in [1.54, 1.807) is 30.3 Å². The molecule has 1 amide bonds. The van der Waals surface area contributed by atoms with Gasteiger partial charge in [-0.25, -0.2) is 4.79 Å². The molecule has 3 rings (SSSR count). The lowest BCUT2D eigenvalue weighted by atomic mass is 9.84. The van der Waals surface area contributed by atoms with Crippen LogP contribution >= 0.6 is 0 Å². The molecule has 35 heavy (non-hydrogen) atoms. The third kappa shape index (κ3) is 6.01. The summed E-state index contributed by atoms with van der Waals surface area (Å²) in [6.07, 6.45) is -0.104. The molecule has 6 N–H and O–H groups in total. The number of hydrogen-bond donors (Lipinski definition) is 6. The molecule has 2 atom stereocenters. The summed E-state index contributed by atoms with van der Waals surface area (Å²) < 4.78 is 4.85. The third-order valence-electron chi connectivity index (χ3n) is 5.66. The molecular formula is C26H27NO8. The summed E-state index contributed by atoms with van der Waals surface area (Å²) >= 11 is 0. The molecule has 0 aromatic heterocycles. The van der Waals surface area contributed by atoms with Gasteiger partial charge in [0.15, 0.2) is 29.0 Å². The Balaban J connectivity index is 2.02. The number of methoxy groups -OCH3 is 1. The summed E-state index contributed by atoms with van der Waals surface area (Å²) in [5, 5.41) is 52.1. The Hall–Kier alpha value is -4.24. The fourth-order valence-corrected chi connectivity index (χ4v) is 3.91. The molecule has 184 valence electrons. The molecule has 9 heteroatoms. The number of phenols is 4. The number of ether oxygens (including phenoxy) is 1. The van der Waals surface area contributed by atoms with E-state index in [9.17, 15) is 35.1 Å². The van der Waals surface area contributed by atoms with Crippen LogP contribution < -0.4 is 5.32 Å². The van der Waals surface area contributed by atoms with Gasteiger partial charge in [0, 0.05) is 18.9 Å². The van der Waals surface area contributed by atoms with Gasteiger partial charge in [0.2, 0.25) is 5.91 Å². The van der Waals surface area contributed by atoms with Gasteiger partial charge in [-0.1, -0.05) is 36.4 Å². The molecule has 0 unspecified atom stereocenters. The zero-order valence-corrected chi connectivity index (χ0v) is 19.0. The number of amides is 1. The predicted octanol–water partition coefficient (Wildman–Crippen LogP) is 2.60. The van der Waals surface area contributed by atoms with Gasteiger partial charge in [0.25, 0.3) is 0 Å². The standard InChI is InChI=1S/C26H27NO8/c1-35-26(34)25(15-5-3-2-4-6-15)27-24(33)14-19(16-7-8-20(29)21(30)11-16)18-13-23(32)22(31)12-17(18)9-10-28/h2-8,11-13,19,25,28-32H,9-10,14H2,1H3,(H,27,33)/t19-,25-/m1/s1. The lowest BCUT2D eigenvalue weighted by Gasteiger charge is -2.23. The lowest BCUT2D eigenvalue weighted by molar-refractivity contribution is -0.145. The van der Waals surface area contributed by atoms with Crippen LogP contribution in [0.15, 0.2) is 60.7 Å². The topological polar surface area (TPSA) is 157 Å². The van der Waals surface area contributed by atoms with Crippen LogP contribution in [0, 0.1) is 0 Å². The minimum atomic E-state index is -1.06. The van der Waals surface area contributed by atoms with Crippen molar-refractivity contribution < 1.29 is 39.9 Å². The van der Waals surface area contributed by atoms with Crippen LogP contribution in [0.1, 0.15) is 40.6 Å². The molecule has 0 spiro atoms. The highest BCUT2D eigenvalue weighted by Crippen LogP contribution is 2.39. The Morgan fingerprint density at radius 1 is 0.857 bits per heavy atom. The number of aliphatic hydroxyl groups excluding tert-OH is 1. The van der Waals surface area contributed by atoms with Gasteiger partial charge in [0.1, 0.15) is 0 Å². The fraction of sp³-hybridized carbons (Fsp3) is 0.231. The molecule has 0 radical (unpaired) electrons. The van der Waals surface area contributed by atoms with Crippen LogP contribution in [-0.4, -0.2) is 51.1 Å². The second-order valence-electron chi connectivity index (χ2n) is 7.95. The summed E-state index contributed by atoms with van der Waals surface area (Å²) in [6, 6.07) is 14.2. The maximum Gasteiger partial charge on any atom is 0.333 e. The molecule has 0 bridgehead atoms. The Morgan fingerprint density at radius 3 is 2.14 bits per heavy atom. The number of esters is 1. The van der Waals surface area contributed by atoms with E-state index in [1.165, 1.54) is 37.4 Å². The highest BCUT2D eigenvalue weighted by atomic mass is 16.5. The van der Waals surface area contributed by atoms with Gasteiger partial charge in [-0.05, 0) is 52.9 Å². The van der Waals surface area contributed by atoms with Gasteiger partial charge >= 0.3 is 5.97 Å². The van der Waals surface area contributed by atoms with E-state index in [-0.39, 0.29) is 30.9 Å². The summed E-state index contributed by atoms with van der Waals surface area (Å²) in [5.74, 6) is -3.54. The number of hydrogen-bond acceptors (Lipinski definition) is 8. The smallest absolute Gasteiger partial charge is 0.333 e. The second kappa shape index (κ2) is 11.3. The van der Waals surface area contributed by atoms with Gasteiger partial charge in [-0.2, -0.15) is 0 Å². The van der Waals surface area contributed by atoms with Crippen molar-refractivity contribution in [1.29, 1.82) is 0 Å². The zero-order valence-electron chi connectivity index (χ0n) is 19.0. The summed E-state index contributed by atoms with van der Waals surface area (Å²) in [5.41, 5.74) is 1.84. The quantitative estimate of drug-likeness (QED) is 0.201. The molecule has 0 saturated carbocycles. The van der Waals surface area contributed by atoms with Gasteiger partial charge in [0.05, 0.1) is 7.11 Å². The van der Waals surface area contributed by atoms with E-state index in [0.717, 1.165) is 0 Å². The molecule has 0 aliphatic rings. The van der Waals surface area contributed by atoms with Crippen LogP contribution in [0.3, 0.4) is 0 Å². The van der Waals surface area contributed by atoms with Crippen LogP contribution in [0.25, 0.3) is 0 Å². The van der Waals surface area contributed by atoms with E-state index < -0.39 is 35.3 Å². The second-order valence-corrected chi connectivity index (χ2v) is 7.95. The Kier molecular flexibility index (Phi) is 8.17. The Bertz CT molecular complexity index is 1200. The number of carbonyl (C=O) groups is 2. The molecular weight excluding hydrogens is 454 g/mol. The largest absolute Gasteiger partial charge is 0.504 e. The number of nitrogens with one attached hydrogen (secondary N) is 1. The number of carbonyl (C=O) groups excluding carboxylic acids is 2. The molecule has 0 aliphatic carbocycles. The molecule has 0 fully saturated rings. The number of aliphatic hydroxyl groups is 1. The molecule has 0 heterocycles. The van der Waals surface area contributed by atoms with Crippen molar-refractivity contribution in [2.24, 2.45) is 0 Å². The van der Waals surface area contributed by atoms with Crippen molar-refractivity contribution in [2.45, 2.75) is 24.8 Å².